The Hall–Kier alpha value is -1.04. The van der Waals surface area contributed by atoms with E-state index in [2.05, 4.69) is 0 Å². The van der Waals surface area contributed by atoms with E-state index in [1.165, 1.54) is 0 Å². The van der Waals surface area contributed by atoms with Gasteiger partial charge in [0.05, 0.1) is 24.2 Å². The van der Waals surface area contributed by atoms with Crippen LogP contribution in [0.25, 0.3) is 0 Å². The normalized spacial score (nSPS) is 20.0. The van der Waals surface area contributed by atoms with Crippen molar-refractivity contribution in [2.24, 2.45) is 0 Å². The summed E-state index contributed by atoms with van der Waals surface area (Å²) >= 11 is 6.44. The maximum Gasteiger partial charge on any atom is 0.466 e. The number of benzene rings is 1. The molecule has 0 spiro atoms. The molecule has 24 heavy (non-hydrogen) atoms. The summed E-state index contributed by atoms with van der Waals surface area (Å²) in [6.45, 7) is 12.1. The Labute approximate surface area is 150 Å². The van der Waals surface area contributed by atoms with Crippen molar-refractivity contribution in [2.45, 2.75) is 65.0 Å². The molecule has 1 aromatic rings. The van der Waals surface area contributed by atoms with E-state index in [0.717, 1.165) is 11.1 Å². The molecule has 1 heterocycles. The second kappa shape index (κ2) is 7.07. The lowest BCUT2D eigenvalue weighted by Crippen LogP contribution is -2.41. The molecule has 2 rings (SSSR count). The Morgan fingerprint density at radius 2 is 1.83 bits per heavy atom. The monoisotopic (exact) mass is 352 g/mol. The summed E-state index contributed by atoms with van der Waals surface area (Å²) in [4.78, 5) is 12.2. The van der Waals surface area contributed by atoms with Crippen LogP contribution in [0.5, 0.6) is 0 Å². The third kappa shape index (κ3) is 3.79. The van der Waals surface area contributed by atoms with Crippen LogP contribution in [0.3, 0.4) is 0 Å². The van der Waals surface area contributed by atoms with Gasteiger partial charge in [0.15, 0.2) is 0 Å². The average Bonchev–Trinajstić information content (AvgIpc) is 2.66. The molecule has 0 amide bonds. The molecule has 1 aliphatic heterocycles. The highest BCUT2D eigenvalue weighted by molar-refractivity contribution is 6.48. The molecule has 1 aliphatic rings. The number of carbonyl (C=O) groups is 1. The zero-order valence-corrected chi connectivity index (χ0v) is 16.1. The third-order valence-corrected chi connectivity index (χ3v) is 5.26. The predicted octanol–water partition coefficient (Wildman–Crippen LogP) is 4.32. The third-order valence-electron chi connectivity index (χ3n) is 4.93. The van der Waals surface area contributed by atoms with Crippen molar-refractivity contribution in [1.82, 2.24) is 0 Å². The van der Waals surface area contributed by atoms with Crippen LogP contribution < -0.4 is 0 Å². The molecule has 0 bridgehead atoms. The maximum absolute atomic E-state index is 12.2. The van der Waals surface area contributed by atoms with Crippen LogP contribution >= 0.6 is 11.6 Å². The first-order valence-corrected chi connectivity index (χ1v) is 8.73. The van der Waals surface area contributed by atoms with Crippen molar-refractivity contribution in [3.05, 3.63) is 34.3 Å². The SMILES string of the molecule is CCOC(=O)CC(B1OC(C)(C)C(C)(C)O1)c1c(C)cccc1Cl. The molecule has 1 unspecified atom stereocenters. The molecule has 1 fully saturated rings. The van der Waals surface area contributed by atoms with Gasteiger partial charge < -0.3 is 14.0 Å². The first-order chi connectivity index (χ1) is 11.1. The smallest absolute Gasteiger partial charge is 0.466 e. The fraction of sp³-hybridized carbons (Fsp3) is 0.611. The number of esters is 1. The topological polar surface area (TPSA) is 44.8 Å². The van der Waals surface area contributed by atoms with E-state index in [-0.39, 0.29) is 18.2 Å². The van der Waals surface area contributed by atoms with Gasteiger partial charge in [0.2, 0.25) is 0 Å². The summed E-state index contributed by atoms with van der Waals surface area (Å²) < 4.78 is 17.5. The van der Waals surface area contributed by atoms with Crippen molar-refractivity contribution in [2.75, 3.05) is 6.61 Å². The molecule has 0 radical (unpaired) electrons. The molecule has 0 N–H and O–H groups in total. The zero-order chi connectivity index (χ0) is 18.1. The number of rotatable bonds is 5. The highest BCUT2D eigenvalue weighted by Crippen LogP contribution is 2.43. The summed E-state index contributed by atoms with van der Waals surface area (Å²) in [6, 6.07) is 5.70. The first kappa shape index (κ1) is 19.3. The van der Waals surface area contributed by atoms with Gasteiger partial charge >= 0.3 is 13.1 Å². The van der Waals surface area contributed by atoms with Crippen LogP contribution in [0.2, 0.25) is 5.02 Å². The number of ether oxygens (including phenoxy) is 1. The quantitative estimate of drug-likeness (QED) is 0.585. The number of halogens is 1. The van der Waals surface area contributed by atoms with Crippen molar-refractivity contribution >= 4 is 24.7 Å². The Morgan fingerprint density at radius 1 is 1.25 bits per heavy atom. The molecule has 1 saturated heterocycles. The van der Waals surface area contributed by atoms with Crippen molar-refractivity contribution in [3.63, 3.8) is 0 Å². The number of carbonyl (C=O) groups excluding carboxylic acids is 1. The standard InChI is InChI=1S/C18H26BClO4/c1-7-22-15(21)11-13(16-12(2)9-8-10-14(16)20)19-23-17(3,4)18(5,6)24-19/h8-10,13H,7,11H2,1-6H3. The van der Waals surface area contributed by atoms with Gasteiger partial charge in [-0.3, -0.25) is 4.79 Å². The Bertz CT molecular complexity index is 579. The van der Waals surface area contributed by atoms with E-state index in [1.54, 1.807) is 6.92 Å². The molecule has 132 valence electrons. The minimum atomic E-state index is -0.557. The van der Waals surface area contributed by atoms with Crippen molar-refractivity contribution in [1.29, 1.82) is 0 Å². The van der Waals surface area contributed by atoms with E-state index in [4.69, 9.17) is 25.6 Å². The molecule has 1 aromatic carbocycles. The van der Waals surface area contributed by atoms with Gasteiger partial charge in [0.1, 0.15) is 0 Å². The van der Waals surface area contributed by atoms with Gasteiger partial charge in [-0.15, -0.1) is 0 Å². The summed E-state index contributed by atoms with van der Waals surface area (Å²) in [5, 5.41) is 0.610. The van der Waals surface area contributed by atoms with E-state index >= 15 is 0 Å². The summed E-state index contributed by atoms with van der Waals surface area (Å²) in [6.07, 6.45) is 0.162. The maximum atomic E-state index is 12.2. The molecule has 1 atom stereocenters. The molecule has 4 nitrogen and oxygen atoms in total. The predicted molar refractivity (Wildman–Crippen MR) is 96.3 cm³/mol. The van der Waals surface area contributed by atoms with Crippen LogP contribution in [0.4, 0.5) is 0 Å². The van der Waals surface area contributed by atoms with E-state index in [9.17, 15) is 4.79 Å². The molecular weight excluding hydrogens is 326 g/mol. The van der Waals surface area contributed by atoms with Gasteiger partial charge in [-0.2, -0.15) is 0 Å². The first-order valence-electron chi connectivity index (χ1n) is 8.35. The van der Waals surface area contributed by atoms with Gasteiger partial charge in [-0.05, 0) is 58.7 Å². The number of hydrogen-bond acceptors (Lipinski definition) is 4. The fourth-order valence-electron chi connectivity index (χ4n) is 2.90. The lowest BCUT2D eigenvalue weighted by Gasteiger charge is -2.32. The van der Waals surface area contributed by atoms with Crippen molar-refractivity contribution in [3.8, 4) is 0 Å². The van der Waals surface area contributed by atoms with Gasteiger partial charge in [-0.25, -0.2) is 0 Å². The van der Waals surface area contributed by atoms with Crippen LogP contribution in [-0.4, -0.2) is 30.9 Å². The molecule has 0 aliphatic carbocycles. The lowest BCUT2D eigenvalue weighted by atomic mass is 9.65. The van der Waals surface area contributed by atoms with Crippen LogP contribution in [-0.2, 0) is 18.8 Å². The fourth-order valence-corrected chi connectivity index (χ4v) is 3.26. The Morgan fingerprint density at radius 3 is 2.33 bits per heavy atom. The van der Waals surface area contributed by atoms with Gasteiger partial charge in [0.25, 0.3) is 0 Å². The molecule has 0 saturated carbocycles. The molecule has 6 heteroatoms. The summed E-state index contributed by atoms with van der Waals surface area (Å²) in [5.74, 6) is -0.602. The second-order valence-corrected chi connectivity index (χ2v) is 7.62. The molecular formula is C18H26BClO4. The van der Waals surface area contributed by atoms with Gasteiger partial charge in [-0.1, -0.05) is 23.7 Å². The number of hydrogen-bond donors (Lipinski definition) is 0. The highest BCUT2D eigenvalue weighted by Gasteiger charge is 2.54. The van der Waals surface area contributed by atoms with Crippen LogP contribution in [0, 0.1) is 6.92 Å². The summed E-state index contributed by atoms with van der Waals surface area (Å²) in [5.41, 5.74) is 0.941. The zero-order valence-electron chi connectivity index (χ0n) is 15.3. The van der Waals surface area contributed by atoms with Crippen LogP contribution in [0.15, 0.2) is 18.2 Å². The molecule has 0 aromatic heterocycles. The highest BCUT2D eigenvalue weighted by atomic mass is 35.5. The minimum Gasteiger partial charge on any atom is -0.466 e. The van der Waals surface area contributed by atoms with E-state index in [1.807, 2.05) is 52.8 Å². The lowest BCUT2D eigenvalue weighted by molar-refractivity contribution is -0.143. The largest absolute Gasteiger partial charge is 0.466 e. The Balaban J connectivity index is 2.40. The number of aryl methyl sites for hydroxylation is 1. The minimum absolute atomic E-state index is 0.162. The van der Waals surface area contributed by atoms with Gasteiger partial charge in [0, 0.05) is 10.8 Å². The van der Waals surface area contributed by atoms with Crippen LogP contribution in [0.1, 0.15) is 58.0 Å². The van der Waals surface area contributed by atoms with E-state index in [0.29, 0.717) is 11.6 Å². The van der Waals surface area contributed by atoms with E-state index < -0.39 is 18.3 Å². The summed E-state index contributed by atoms with van der Waals surface area (Å²) in [7, 11) is -0.557. The van der Waals surface area contributed by atoms with Crippen molar-refractivity contribution < 1.29 is 18.8 Å². The Kier molecular flexibility index (Phi) is 5.68. The average molecular weight is 353 g/mol. The second-order valence-electron chi connectivity index (χ2n) is 7.21.